The van der Waals surface area contributed by atoms with Crippen LogP contribution in [0, 0.1) is 0 Å². The Hall–Kier alpha value is -0.170. The van der Waals surface area contributed by atoms with Gasteiger partial charge in [-0.3, -0.25) is 0 Å². The zero-order valence-corrected chi connectivity index (χ0v) is 8.55. The Kier molecular flexibility index (Phi) is 2.96. The molecule has 0 aromatic carbocycles. The van der Waals surface area contributed by atoms with Crippen molar-refractivity contribution in [3.8, 4) is 0 Å². The average Bonchev–Trinajstić information content (AvgIpc) is 2.04. The van der Waals surface area contributed by atoms with Crippen molar-refractivity contribution in [2.45, 2.75) is 18.4 Å². The second-order valence-corrected chi connectivity index (χ2v) is 5.66. The Morgan fingerprint density at radius 1 is 1.46 bits per heavy atom. The molecule has 0 amide bonds. The minimum atomic E-state index is -3.09. The number of aliphatic hydroxyl groups excluding tert-OH is 1. The molecule has 0 aromatic rings. The summed E-state index contributed by atoms with van der Waals surface area (Å²) >= 11 is 0. The summed E-state index contributed by atoms with van der Waals surface area (Å²) in [5, 5.41) is 8.95. The SMILES string of the molecule is CS(=O)(=O)N1CCC(N)(CO)CC1. The zero-order valence-electron chi connectivity index (χ0n) is 7.73. The number of piperidine rings is 1. The van der Waals surface area contributed by atoms with E-state index in [0.29, 0.717) is 25.9 Å². The normalized spacial score (nSPS) is 24.5. The third-order valence-corrected chi connectivity index (χ3v) is 3.81. The number of nitrogens with two attached hydrogens (primary N) is 1. The third kappa shape index (κ3) is 2.63. The minimum Gasteiger partial charge on any atom is -0.394 e. The maximum absolute atomic E-state index is 11.1. The van der Waals surface area contributed by atoms with E-state index in [2.05, 4.69) is 0 Å². The lowest BCUT2D eigenvalue weighted by atomic mass is 9.91. The van der Waals surface area contributed by atoms with Crippen LogP contribution >= 0.6 is 0 Å². The second-order valence-electron chi connectivity index (χ2n) is 3.68. The van der Waals surface area contributed by atoms with Crippen LogP contribution in [0.2, 0.25) is 0 Å². The van der Waals surface area contributed by atoms with Crippen molar-refractivity contribution in [1.29, 1.82) is 0 Å². The fraction of sp³-hybridized carbons (Fsp3) is 1.00. The Morgan fingerprint density at radius 2 is 1.92 bits per heavy atom. The van der Waals surface area contributed by atoms with Crippen molar-refractivity contribution in [3.05, 3.63) is 0 Å². The highest BCUT2D eigenvalue weighted by Gasteiger charge is 2.32. The highest BCUT2D eigenvalue weighted by Crippen LogP contribution is 2.20. The first-order valence-corrected chi connectivity index (χ1v) is 6.07. The molecule has 0 saturated carbocycles. The second kappa shape index (κ2) is 3.53. The molecule has 1 aliphatic heterocycles. The van der Waals surface area contributed by atoms with E-state index in [9.17, 15) is 8.42 Å². The summed E-state index contributed by atoms with van der Waals surface area (Å²) in [5.41, 5.74) is 5.21. The summed E-state index contributed by atoms with van der Waals surface area (Å²) in [5.74, 6) is 0. The molecule has 1 aliphatic rings. The lowest BCUT2D eigenvalue weighted by Crippen LogP contribution is -2.53. The molecule has 0 bridgehead atoms. The van der Waals surface area contributed by atoms with Crippen molar-refractivity contribution in [2.24, 2.45) is 5.73 Å². The molecule has 1 heterocycles. The smallest absolute Gasteiger partial charge is 0.211 e. The van der Waals surface area contributed by atoms with Gasteiger partial charge in [0.05, 0.1) is 12.9 Å². The summed E-state index contributed by atoms with van der Waals surface area (Å²) in [7, 11) is -3.09. The maximum Gasteiger partial charge on any atom is 0.211 e. The number of nitrogens with zero attached hydrogens (tertiary/aromatic N) is 1. The van der Waals surface area contributed by atoms with E-state index >= 15 is 0 Å². The fourth-order valence-electron chi connectivity index (χ4n) is 1.42. The Labute approximate surface area is 78.6 Å². The van der Waals surface area contributed by atoms with Crippen LogP contribution in [-0.2, 0) is 10.0 Å². The number of aliphatic hydroxyl groups is 1. The van der Waals surface area contributed by atoms with Gasteiger partial charge in [0, 0.05) is 18.6 Å². The van der Waals surface area contributed by atoms with Crippen LogP contribution < -0.4 is 5.73 Å². The maximum atomic E-state index is 11.1. The summed E-state index contributed by atoms with van der Waals surface area (Å²) in [6.45, 7) is 0.746. The van der Waals surface area contributed by atoms with Crippen LogP contribution in [0.5, 0.6) is 0 Å². The minimum absolute atomic E-state index is 0.0788. The standard InChI is InChI=1S/C7H16N2O3S/c1-13(11,12)9-4-2-7(8,6-10)3-5-9/h10H,2-6,8H2,1H3. The molecule has 5 nitrogen and oxygen atoms in total. The van der Waals surface area contributed by atoms with Gasteiger partial charge in [0.25, 0.3) is 0 Å². The van der Waals surface area contributed by atoms with E-state index in [1.165, 1.54) is 10.6 Å². The quantitative estimate of drug-likeness (QED) is 0.593. The van der Waals surface area contributed by atoms with Crippen LogP contribution in [0.1, 0.15) is 12.8 Å². The monoisotopic (exact) mass is 208 g/mol. The largest absolute Gasteiger partial charge is 0.394 e. The number of sulfonamides is 1. The van der Waals surface area contributed by atoms with Crippen molar-refractivity contribution in [1.82, 2.24) is 4.31 Å². The lowest BCUT2D eigenvalue weighted by Gasteiger charge is -2.36. The number of rotatable bonds is 2. The predicted octanol–water partition coefficient (Wildman–Crippen LogP) is -1.27. The molecule has 6 heteroatoms. The van der Waals surface area contributed by atoms with Crippen molar-refractivity contribution < 1.29 is 13.5 Å². The number of hydrogen-bond donors (Lipinski definition) is 2. The molecule has 78 valence electrons. The van der Waals surface area contributed by atoms with Gasteiger partial charge >= 0.3 is 0 Å². The summed E-state index contributed by atoms with van der Waals surface area (Å²) < 4.78 is 23.6. The van der Waals surface area contributed by atoms with E-state index < -0.39 is 15.6 Å². The molecule has 0 radical (unpaired) electrons. The predicted molar refractivity (Wildman–Crippen MR) is 49.7 cm³/mol. The first-order chi connectivity index (χ1) is 5.87. The Balaban J connectivity index is 2.58. The average molecular weight is 208 g/mol. The van der Waals surface area contributed by atoms with Gasteiger partial charge in [-0.15, -0.1) is 0 Å². The molecular weight excluding hydrogens is 192 g/mol. The van der Waals surface area contributed by atoms with Gasteiger partial charge < -0.3 is 10.8 Å². The summed E-state index contributed by atoms with van der Waals surface area (Å²) in [4.78, 5) is 0. The van der Waals surface area contributed by atoms with Crippen molar-refractivity contribution in [2.75, 3.05) is 26.0 Å². The van der Waals surface area contributed by atoms with E-state index in [0.717, 1.165) is 0 Å². The molecule has 0 aliphatic carbocycles. The highest BCUT2D eigenvalue weighted by molar-refractivity contribution is 7.88. The molecule has 0 unspecified atom stereocenters. The topological polar surface area (TPSA) is 83.6 Å². The molecule has 1 saturated heterocycles. The van der Waals surface area contributed by atoms with Gasteiger partial charge in [-0.25, -0.2) is 12.7 Å². The Morgan fingerprint density at radius 3 is 2.23 bits per heavy atom. The molecule has 0 spiro atoms. The van der Waals surface area contributed by atoms with E-state index in [4.69, 9.17) is 10.8 Å². The molecule has 1 fully saturated rings. The van der Waals surface area contributed by atoms with Gasteiger partial charge in [-0.1, -0.05) is 0 Å². The van der Waals surface area contributed by atoms with Gasteiger partial charge in [0.15, 0.2) is 0 Å². The van der Waals surface area contributed by atoms with Crippen LogP contribution in [0.4, 0.5) is 0 Å². The van der Waals surface area contributed by atoms with Crippen molar-refractivity contribution in [3.63, 3.8) is 0 Å². The van der Waals surface area contributed by atoms with Gasteiger partial charge in [-0.2, -0.15) is 0 Å². The van der Waals surface area contributed by atoms with Gasteiger partial charge in [0.1, 0.15) is 0 Å². The summed E-state index contributed by atoms with van der Waals surface area (Å²) in [6, 6.07) is 0. The molecule has 1 rings (SSSR count). The molecular formula is C7H16N2O3S. The third-order valence-electron chi connectivity index (χ3n) is 2.50. The zero-order chi connectivity index (χ0) is 10.1. The van der Waals surface area contributed by atoms with Gasteiger partial charge in [0.2, 0.25) is 10.0 Å². The first-order valence-electron chi connectivity index (χ1n) is 4.22. The molecule has 0 aromatic heterocycles. The lowest BCUT2D eigenvalue weighted by molar-refractivity contribution is 0.139. The van der Waals surface area contributed by atoms with Crippen LogP contribution in [0.25, 0.3) is 0 Å². The van der Waals surface area contributed by atoms with Crippen LogP contribution in [0.15, 0.2) is 0 Å². The first kappa shape index (κ1) is 10.9. The highest BCUT2D eigenvalue weighted by atomic mass is 32.2. The van der Waals surface area contributed by atoms with E-state index in [1.807, 2.05) is 0 Å². The Bertz CT molecular complexity index is 267. The molecule has 13 heavy (non-hydrogen) atoms. The summed E-state index contributed by atoms with van der Waals surface area (Å²) in [6.07, 6.45) is 2.24. The molecule has 3 N–H and O–H groups in total. The van der Waals surface area contributed by atoms with Crippen LogP contribution in [-0.4, -0.2) is 49.3 Å². The van der Waals surface area contributed by atoms with Gasteiger partial charge in [-0.05, 0) is 12.8 Å². The van der Waals surface area contributed by atoms with Crippen molar-refractivity contribution >= 4 is 10.0 Å². The molecule has 0 atom stereocenters. The van der Waals surface area contributed by atoms with E-state index in [-0.39, 0.29) is 6.61 Å². The fourth-order valence-corrected chi connectivity index (χ4v) is 2.27. The number of hydrogen-bond acceptors (Lipinski definition) is 4. The van der Waals surface area contributed by atoms with E-state index in [1.54, 1.807) is 0 Å². The van der Waals surface area contributed by atoms with Crippen LogP contribution in [0.3, 0.4) is 0 Å².